The molecule has 0 aliphatic rings. The highest BCUT2D eigenvalue weighted by atomic mass is 127. The number of aliphatic imine (C=N–C) groups is 2. The predicted octanol–water partition coefficient (Wildman–Crippen LogP) is 25.1. The third kappa shape index (κ3) is 37.7. The Bertz CT molecular complexity index is 7240. The van der Waals surface area contributed by atoms with Gasteiger partial charge in [0.05, 0.1) is 90.4 Å². The number of aromatic amines is 4. The van der Waals surface area contributed by atoms with Crippen LogP contribution in [0.2, 0.25) is 0 Å². The van der Waals surface area contributed by atoms with Gasteiger partial charge in [-0.25, -0.2) is 53.1 Å². The molecule has 0 spiro atoms. The number of alkyl carbamates (subject to hydrolysis) is 2. The second-order valence-electron chi connectivity index (χ2n) is 34.1. The van der Waals surface area contributed by atoms with Crippen molar-refractivity contribution < 1.29 is 85.7 Å². The number of isothiocyanates is 1. The molecule has 9 N–H and O–H groups in total. The number of amidine groups is 1. The van der Waals surface area contributed by atoms with Gasteiger partial charge in [-0.15, -0.1) is 4.99 Å². The van der Waals surface area contributed by atoms with Crippen molar-refractivity contribution in [2.24, 2.45) is 9.98 Å². The van der Waals surface area contributed by atoms with Crippen molar-refractivity contribution >= 4 is 284 Å². The number of anilines is 2. The first kappa shape index (κ1) is 119. The number of carbonyl (C=O) groups is 8. The highest BCUT2D eigenvalue weighted by Crippen LogP contribution is 2.61. The average molecular weight is 2240 g/mol. The zero-order valence-corrected chi connectivity index (χ0v) is 90.7. The van der Waals surface area contributed by atoms with Crippen molar-refractivity contribution in [3.8, 4) is 0 Å². The number of thiocarbonyl (C=S) groups is 2. The quantitative estimate of drug-likeness (QED) is 0.00541. The number of hydrogen-bond donors (Lipinski definition) is 8. The van der Waals surface area contributed by atoms with E-state index in [9.17, 15) is 67.4 Å². The van der Waals surface area contributed by atoms with Gasteiger partial charge in [0, 0.05) is 87.1 Å². The summed E-state index contributed by atoms with van der Waals surface area (Å²) in [7, 11) is 0. The summed E-state index contributed by atoms with van der Waals surface area (Å²) in [5.74, 6) is 1.55. The Morgan fingerprint density at radius 2 is 0.930 bits per heavy atom. The highest BCUT2D eigenvalue weighted by Gasteiger charge is 2.27. The summed E-state index contributed by atoms with van der Waals surface area (Å²) in [5, 5.41) is 24.1. The minimum atomic E-state index is -3.22. The van der Waals surface area contributed by atoms with E-state index in [1.165, 1.54) is 69.1 Å². The van der Waals surface area contributed by atoms with Crippen LogP contribution in [-0.4, -0.2) is 181 Å². The number of amides is 3. The molecule has 0 fully saturated rings. The number of aromatic nitrogens is 10. The number of nitrogens with two attached hydrogens (primary N) is 1. The van der Waals surface area contributed by atoms with Crippen molar-refractivity contribution in [1.29, 1.82) is 0 Å². The lowest BCUT2D eigenvalue weighted by atomic mass is 10.2. The summed E-state index contributed by atoms with van der Waals surface area (Å²) in [6.45, 7) is 39.2. The predicted molar refractivity (Wildman–Crippen MR) is 582 cm³/mol. The van der Waals surface area contributed by atoms with Crippen LogP contribution in [0, 0.1) is 10.1 Å². The maximum Gasteiger partial charge on any atom is 0.442 e. The first-order chi connectivity index (χ1) is 66.9. The lowest BCUT2D eigenvalue weighted by Crippen LogP contribution is -2.34. The Balaban J connectivity index is 0.000000256. The van der Waals surface area contributed by atoms with Gasteiger partial charge in [-0.1, -0.05) is 91.2 Å². The fraction of sp³-hybridized carbons (Fsp3) is 0.337. The van der Waals surface area contributed by atoms with Crippen LogP contribution < -0.4 is 38.5 Å². The molecule has 0 saturated heterocycles. The zero-order chi connectivity index (χ0) is 107. The van der Waals surface area contributed by atoms with E-state index < -0.39 is 92.6 Å². The van der Waals surface area contributed by atoms with Gasteiger partial charge in [-0.2, -0.15) is 0 Å². The molecule has 0 unspecified atom stereocenters. The van der Waals surface area contributed by atoms with E-state index in [1.54, 1.807) is 145 Å². The van der Waals surface area contributed by atoms with Gasteiger partial charge in [0.25, 0.3) is 16.8 Å². The lowest BCUT2D eigenvalue weighted by molar-refractivity contribution is -0.383. The number of non-ortho nitro benzene ring substituents is 1. The first-order valence-corrected chi connectivity index (χ1v) is 52.4. The molecule has 8 aromatic heterocycles. The molecule has 0 aliphatic carbocycles. The summed E-state index contributed by atoms with van der Waals surface area (Å²) >= 11 is 28.2. The van der Waals surface area contributed by atoms with E-state index in [1.807, 2.05) is 151 Å². The normalized spacial score (nSPS) is 11.3. The molecule has 143 heavy (non-hydrogen) atoms. The van der Waals surface area contributed by atoms with E-state index in [-0.39, 0.29) is 35.1 Å². The smallest absolute Gasteiger partial charge is 0.442 e. The standard InChI is InChI=1S/C19H25N3O4S.C17H21N3O4S.C17H19N3O3S.C13H14N2O4.C13H16N2O2.C10H7N3O2.C4H5NO2S.C2H5I.Cl3OP/c1-6-25-17(23)21-16(27-7-2)20-14-9-8-10-15-13(14)11-12-22(15)18(24)26-19(3,4)5;1-5-23-15(21)19-14(25)18-12-7-6-8-13-11(12)9-10-20(13)16(22)24-17(2,3)4;1-5-24-15-18-13-10-8-9-20(16(22)23-17(2,3)4)12(10)7-6-11(13)14(21)19-15;1-13(2,3)19-12(16)14-8-7-9-10(14)5-4-6-11(9)15(17)18;1-13(2,3)17-12(16)15-8-7-9-10(14)5-4-6-11(9)15;14-9-6-1-2-7-5(3-4-11-7)8(6)12-10(15)13-9;1-2-7-4(6)5-3-8;1-2-3;1-5(2,3)4/h8-12H,6-7H2,1-5H3,(H,20,21,23);6-10H,5H2,1-4H3,(H2,18,19,21,25);6-9H,5H2,1-4H3,(H,18,19,21);4-8H,1-3H3;4-8H,14H2,1-3H3;1-4,11H,(H2,12,13,14,15);2H2,1H3;2H2,1H3;. The highest BCUT2D eigenvalue weighted by molar-refractivity contribution is 14.1. The van der Waals surface area contributed by atoms with Crippen LogP contribution in [0.4, 0.5) is 61.1 Å². The number of fused-ring (bicyclic) bond motifs is 10. The number of ether oxygens (including phenoxy) is 8. The van der Waals surface area contributed by atoms with Crippen LogP contribution in [0.3, 0.4) is 0 Å². The summed E-state index contributed by atoms with van der Waals surface area (Å²) in [4.78, 5) is 162. The number of nitro groups is 1. The fourth-order valence-electron chi connectivity index (χ4n) is 12.4. The van der Waals surface area contributed by atoms with Gasteiger partial charge in [0.15, 0.2) is 15.4 Å². The van der Waals surface area contributed by atoms with Crippen LogP contribution in [0.1, 0.15) is 145 Å². The minimum Gasteiger partial charge on any atom is -0.450 e. The maximum absolute atomic E-state index is 12.4. The Hall–Kier alpha value is -12.9. The van der Waals surface area contributed by atoms with Gasteiger partial charge < -0.3 is 63.9 Å². The van der Waals surface area contributed by atoms with Crippen molar-refractivity contribution in [2.45, 2.75) is 179 Å². The molecule has 766 valence electrons. The molecule has 8 heterocycles. The van der Waals surface area contributed by atoms with Gasteiger partial charge in [-0.3, -0.25) is 62.7 Å². The first-order valence-electron chi connectivity index (χ1n) is 43.7. The van der Waals surface area contributed by atoms with Gasteiger partial charge in [0.2, 0.25) is 0 Å². The number of nitro benzene ring substituents is 1. The number of alkyl halides is 1. The molecule has 3 amide bonds. The maximum atomic E-state index is 12.4. The van der Waals surface area contributed by atoms with Crippen molar-refractivity contribution in [2.75, 3.05) is 46.8 Å². The van der Waals surface area contributed by atoms with Crippen molar-refractivity contribution in [3.05, 3.63) is 212 Å². The molecule has 48 heteroatoms. The number of halogens is 4. The number of benzene rings is 6. The Morgan fingerprint density at radius 3 is 1.40 bits per heavy atom. The van der Waals surface area contributed by atoms with Gasteiger partial charge in [0.1, 0.15) is 28.0 Å². The third-order valence-electron chi connectivity index (χ3n) is 17.4. The minimum absolute atomic E-state index is 0.0280. The molecule has 0 bridgehead atoms. The molecule has 0 aliphatic heterocycles. The largest absolute Gasteiger partial charge is 0.450 e. The van der Waals surface area contributed by atoms with Gasteiger partial charge in [-0.05, 0) is 302 Å². The third-order valence-corrected chi connectivity index (χ3v) is 19.3. The van der Waals surface area contributed by atoms with E-state index in [4.69, 9.17) is 51.1 Å². The zero-order valence-electron chi connectivity index (χ0n) is 82.1. The number of nitrogens with one attached hydrogen (secondary N) is 7. The van der Waals surface area contributed by atoms with Crippen molar-refractivity contribution in [1.82, 2.24) is 58.4 Å². The molecule has 14 aromatic rings. The molecular formula is C95H112Cl3IN17O22PS4. The molecule has 14 rings (SSSR count). The molecule has 0 atom stereocenters. The molecule has 6 aromatic carbocycles. The van der Waals surface area contributed by atoms with Crippen LogP contribution in [0.5, 0.6) is 0 Å². The number of rotatable bonds is 9. The van der Waals surface area contributed by atoms with Crippen LogP contribution >= 0.6 is 109 Å². The monoisotopic (exact) mass is 2230 g/mol. The Kier molecular flexibility index (Phi) is 44.8. The second kappa shape index (κ2) is 54.0. The molecular weight excluding hydrogens is 2120 g/mol. The number of nitrogens with zero attached hydrogens (tertiary/aromatic N) is 9. The van der Waals surface area contributed by atoms with E-state index in [2.05, 4.69) is 131 Å². The second-order valence-corrected chi connectivity index (χ2v) is 45.4. The van der Waals surface area contributed by atoms with Gasteiger partial charge >= 0.3 is 59.6 Å². The Morgan fingerprint density at radius 1 is 0.517 bits per heavy atom. The molecule has 39 nitrogen and oxygen atoms in total. The number of H-pyrrole nitrogens is 4. The van der Waals surface area contributed by atoms with Crippen molar-refractivity contribution in [3.63, 3.8) is 0 Å². The summed E-state index contributed by atoms with van der Waals surface area (Å²) in [5.41, 5.74) is 9.15. The molecule has 0 saturated carbocycles. The average Bonchev–Trinajstić information content (AvgIpc) is 1.64. The van der Waals surface area contributed by atoms with E-state index in [0.717, 1.165) is 49.5 Å². The number of thioether (sulfide) groups is 2. The molecule has 0 radical (unpaired) electrons. The summed E-state index contributed by atoms with van der Waals surface area (Å²) in [6, 6.07) is 38.3. The number of nitrogen functional groups attached to an aromatic ring is 1. The Labute approximate surface area is 868 Å². The van der Waals surface area contributed by atoms with Crippen LogP contribution in [-0.2, 0) is 42.5 Å². The fourth-order valence-corrected chi connectivity index (χ4v) is 13.8. The number of hydrogen-bond acceptors (Lipinski definition) is 29. The summed E-state index contributed by atoms with van der Waals surface area (Å²) in [6.07, 6.45) is 5.69. The SMILES string of the molecule is CC(C)(C)OC(=O)n1ccc2c(N)cccc21.CC(C)(C)OC(=O)n1ccc2c([N+](=O)[O-])cccc21.CCI.CCOC(=O)N=C=S.CCOC(=O)NC(=Nc1cccc2c1ccn2C(=O)OC(C)(C)C)SCC.CCOC(=O)NC(=S)Nc1cccc2c1ccn2C(=O)OC(C)(C)C.CCSc1nc2c(ccc3c2ccn3C(=O)OC(C)(C)C)c(=O)[nH]1.O=P(Cl)(Cl)Cl.O=c1[nH]c(=O)c2ccc3[nH]ccc3c2[nH]1. The van der Waals surface area contributed by atoms with E-state index >= 15 is 0 Å². The van der Waals surface area contributed by atoms with Crippen LogP contribution in [0.15, 0.2) is 200 Å². The van der Waals surface area contributed by atoms with E-state index in [0.29, 0.717) is 83.3 Å². The number of carbonyl (C=O) groups excluding carboxylic acids is 8. The summed E-state index contributed by atoms with van der Waals surface area (Å²) < 4.78 is 58.6. The topological polar surface area (TPSA) is 509 Å². The lowest BCUT2D eigenvalue weighted by Gasteiger charge is -2.19. The van der Waals surface area contributed by atoms with Crippen LogP contribution in [0.25, 0.3) is 87.2 Å².